The van der Waals surface area contributed by atoms with E-state index in [1.54, 1.807) is 0 Å². The van der Waals surface area contributed by atoms with Crippen molar-refractivity contribution >= 4 is 5.82 Å². The molecule has 0 bridgehead atoms. The Kier molecular flexibility index (Phi) is 3.74. The van der Waals surface area contributed by atoms with Crippen LogP contribution in [0.3, 0.4) is 0 Å². The van der Waals surface area contributed by atoms with Crippen LogP contribution in [0.15, 0.2) is 18.3 Å². The molecule has 1 aromatic heterocycles. The molecule has 72 valence electrons. The number of pyridine rings is 1. The van der Waals surface area contributed by atoms with Crippen molar-refractivity contribution in [1.29, 1.82) is 0 Å². The highest BCUT2D eigenvalue weighted by Gasteiger charge is 2.00. The van der Waals surface area contributed by atoms with Gasteiger partial charge >= 0.3 is 0 Å². The summed E-state index contributed by atoms with van der Waals surface area (Å²) in [4.78, 5) is 4.27. The lowest BCUT2D eigenvalue weighted by Crippen LogP contribution is -2.11. The van der Waals surface area contributed by atoms with E-state index < -0.39 is 0 Å². The molecule has 1 unspecified atom stereocenters. The molecule has 1 rings (SSSR count). The minimum atomic E-state index is 0.710. The van der Waals surface area contributed by atoms with Crippen molar-refractivity contribution in [2.75, 3.05) is 11.9 Å². The van der Waals surface area contributed by atoms with Crippen molar-refractivity contribution in [1.82, 2.24) is 4.98 Å². The van der Waals surface area contributed by atoms with E-state index in [2.05, 4.69) is 37.1 Å². The second kappa shape index (κ2) is 4.85. The van der Waals surface area contributed by atoms with Gasteiger partial charge in [0.25, 0.3) is 0 Å². The summed E-state index contributed by atoms with van der Waals surface area (Å²) in [6.45, 7) is 7.53. The minimum Gasteiger partial charge on any atom is -0.370 e. The maximum absolute atomic E-state index is 4.27. The topological polar surface area (TPSA) is 24.9 Å². The summed E-state index contributed by atoms with van der Waals surface area (Å²) in [7, 11) is 0. The number of anilines is 1. The van der Waals surface area contributed by atoms with Gasteiger partial charge in [-0.05, 0) is 24.5 Å². The van der Waals surface area contributed by atoms with Gasteiger partial charge in [0.05, 0.1) is 0 Å². The maximum Gasteiger partial charge on any atom is 0.128 e. The maximum atomic E-state index is 4.27. The van der Waals surface area contributed by atoms with Gasteiger partial charge in [0.2, 0.25) is 0 Å². The zero-order chi connectivity index (χ0) is 9.68. The molecule has 13 heavy (non-hydrogen) atoms. The molecule has 1 N–H and O–H groups in total. The van der Waals surface area contributed by atoms with Crippen molar-refractivity contribution in [2.45, 2.75) is 27.2 Å². The first-order chi connectivity index (χ1) is 6.24. The standard InChI is InChI=1S/C11H18N2/c1-4-9(2)8-13-11-10(3)6-5-7-12-11/h5-7,9H,4,8H2,1-3H3,(H,12,13). The molecule has 1 heterocycles. The van der Waals surface area contributed by atoms with E-state index in [0.29, 0.717) is 5.92 Å². The zero-order valence-corrected chi connectivity index (χ0v) is 8.67. The van der Waals surface area contributed by atoms with E-state index >= 15 is 0 Å². The molecular formula is C11H18N2. The highest BCUT2D eigenvalue weighted by Crippen LogP contribution is 2.10. The Bertz CT molecular complexity index is 258. The number of aromatic nitrogens is 1. The van der Waals surface area contributed by atoms with Crippen LogP contribution >= 0.6 is 0 Å². The number of aryl methyl sites for hydroxylation is 1. The summed E-state index contributed by atoms with van der Waals surface area (Å²) in [6.07, 6.45) is 3.03. The lowest BCUT2D eigenvalue weighted by Gasteiger charge is -2.11. The summed E-state index contributed by atoms with van der Waals surface area (Å²) in [5.74, 6) is 1.73. The fraction of sp³-hybridized carbons (Fsp3) is 0.545. The van der Waals surface area contributed by atoms with Crippen LogP contribution in [0.5, 0.6) is 0 Å². The van der Waals surface area contributed by atoms with Gasteiger partial charge in [-0.15, -0.1) is 0 Å². The molecule has 0 amide bonds. The van der Waals surface area contributed by atoms with Gasteiger partial charge in [-0.2, -0.15) is 0 Å². The predicted molar refractivity (Wildman–Crippen MR) is 56.9 cm³/mol. The van der Waals surface area contributed by atoms with E-state index in [1.807, 2.05) is 12.3 Å². The fourth-order valence-corrected chi connectivity index (χ4v) is 1.09. The first-order valence-corrected chi connectivity index (χ1v) is 4.89. The molecule has 2 heteroatoms. The molecule has 0 aromatic carbocycles. The van der Waals surface area contributed by atoms with E-state index in [0.717, 1.165) is 12.4 Å². The Hall–Kier alpha value is -1.05. The second-order valence-electron chi connectivity index (χ2n) is 3.56. The van der Waals surface area contributed by atoms with Crippen molar-refractivity contribution < 1.29 is 0 Å². The van der Waals surface area contributed by atoms with Gasteiger partial charge < -0.3 is 5.32 Å². The van der Waals surface area contributed by atoms with E-state index in [9.17, 15) is 0 Å². The number of hydrogen-bond donors (Lipinski definition) is 1. The molecule has 0 fully saturated rings. The molecule has 0 aliphatic carbocycles. The van der Waals surface area contributed by atoms with Gasteiger partial charge in [0.15, 0.2) is 0 Å². The Morgan fingerprint density at radius 1 is 1.54 bits per heavy atom. The first kappa shape index (κ1) is 10.0. The summed E-state index contributed by atoms with van der Waals surface area (Å²) in [6, 6.07) is 4.04. The minimum absolute atomic E-state index is 0.710. The average Bonchev–Trinajstić information content (AvgIpc) is 2.16. The quantitative estimate of drug-likeness (QED) is 0.766. The Labute approximate surface area is 80.4 Å². The monoisotopic (exact) mass is 178 g/mol. The smallest absolute Gasteiger partial charge is 0.128 e. The van der Waals surface area contributed by atoms with Crippen LogP contribution in [0.25, 0.3) is 0 Å². The van der Waals surface area contributed by atoms with Crippen molar-refractivity contribution in [2.24, 2.45) is 5.92 Å². The van der Waals surface area contributed by atoms with Crippen LogP contribution in [0.2, 0.25) is 0 Å². The van der Waals surface area contributed by atoms with Crippen LogP contribution in [0.1, 0.15) is 25.8 Å². The summed E-state index contributed by atoms with van der Waals surface area (Å²) < 4.78 is 0. The van der Waals surface area contributed by atoms with E-state index in [4.69, 9.17) is 0 Å². The van der Waals surface area contributed by atoms with Crippen LogP contribution < -0.4 is 5.32 Å². The second-order valence-corrected chi connectivity index (χ2v) is 3.56. The lowest BCUT2D eigenvalue weighted by atomic mass is 10.1. The highest BCUT2D eigenvalue weighted by molar-refractivity contribution is 5.42. The Morgan fingerprint density at radius 3 is 2.92 bits per heavy atom. The molecular weight excluding hydrogens is 160 g/mol. The first-order valence-electron chi connectivity index (χ1n) is 4.89. The van der Waals surface area contributed by atoms with Crippen LogP contribution in [0.4, 0.5) is 5.82 Å². The SMILES string of the molecule is CCC(C)CNc1ncccc1C. The molecule has 0 radical (unpaired) electrons. The Balaban J connectivity index is 2.50. The van der Waals surface area contributed by atoms with Crippen molar-refractivity contribution in [3.05, 3.63) is 23.9 Å². The third-order valence-electron chi connectivity index (χ3n) is 2.32. The molecule has 0 aliphatic rings. The summed E-state index contributed by atoms with van der Waals surface area (Å²) in [5.41, 5.74) is 1.21. The number of hydrogen-bond acceptors (Lipinski definition) is 2. The van der Waals surface area contributed by atoms with Crippen LogP contribution in [0, 0.1) is 12.8 Å². The normalized spacial score (nSPS) is 12.5. The van der Waals surface area contributed by atoms with Crippen molar-refractivity contribution in [3.8, 4) is 0 Å². The largest absolute Gasteiger partial charge is 0.370 e. The lowest BCUT2D eigenvalue weighted by molar-refractivity contribution is 0.592. The van der Waals surface area contributed by atoms with Crippen LogP contribution in [-0.2, 0) is 0 Å². The number of nitrogens with zero attached hydrogens (tertiary/aromatic N) is 1. The van der Waals surface area contributed by atoms with Gasteiger partial charge in [-0.3, -0.25) is 0 Å². The predicted octanol–water partition coefficient (Wildman–Crippen LogP) is 2.85. The van der Waals surface area contributed by atoms with E-state index in [1.165, 1.54) is 12.0 Å². The van der Waals surface area contributed by atoms with Crippen molar-refractivity contribution in [3.63, 3.8) is 0 Å². The summed E-state index contributed by atoms with van der Waals surface area (Å²) in [5, 5.41) is 3.35. The third kappa shape index (κ3) is 3.05. The molecule has 1 atom stereocenters. The van der Waals surface area contributed by atoms with Gasteiger partial charge in [0, 0.05) is 12.7 Å². The van der Waals surface area contributed by atoms with Gasteiger partial charge in [-0.25, -0.2) is 4.98 Å². The summed E-state index contributed by atoms with van der Waals surface area (Å²) >= 11 is 0. The molecule has 1 aromatic rings. The molecule has 2 nitrogen and oxygen atoms in total. The molecule has 0 spiro atoms. The molecule has 0 saturated heterocycles. The third-order valence-corrected chi connectivity index (χ3v) is 2.32. The average molecular weight is 178 g/mol. The van der Waals surface area contributed by atoms with Gasteiger partial charge in [0.1, 0.15) is 5.82 Å². The fourth-order valence-electron chi connectivity index (χ4n) is 1.09. The highest BCUT2D eigenvalue weighted by atomic mass is 15.0. The molecule has 0 aliphatic heterocycles. The Morgan fingerprint density at radius 2 is 2.31 bits per heavy atom. The van der Waals surface area contributed by atoms with E-state index in [-0.39, 0.29) is 0 Å². The molecule has 0 saturated carbocycles. The number of rotatable bonds is 4. The zero-order valence-electron chi connectivity index (χ0n) is 8.67. The van der Waals surface area contributed by atoms with Crippen LogP contribution in [-0.4, -0.2) is 11.5 Å². The van der Waals surface area contributed by atoms with Gasteiger partial charge in [-0.1, -0.05) is 26.3 Å². The number of nitrogens with one attached hydrogen (secondary N) is 1.